The number of rotatable bonds is 37. The third-order valence-corrected chi connectivity index (χ3v) is 6.44. The summed E-state index contributed by atoms with van der Waals surface area (Å²) in [5.41, 5.74) is -1.10. The summed E-state index contributed by atoms with van der Waals surface area (Å²) in [6.45, 7) is 19.5. The molecule has 0 radical (unpaired) electrons. The van der Waals surface area contributed by atoms with Crippen molar-refractivity contribution in [3.8, 4) is 12.3 Å². The number of hydrogen-bond acceptors (Lipinski definition) is 15. The van der Waals surface area contributed by atoms with Crippen LogP contribution in [0.15, 0.2) is 0 Å². The maximum atomic E-state index is 13.0. The summed E-state index contributed by atoms with van der Waals surface area (Å²) in [6.07, 6.45) is 4.35. The van der Waals surface area contributed by atoms with E-state index in [0.29, 0.717) is 145 Å². The fraction of sp³-hybridized carbons (Fsp3) is 0.868. The first-order chi connectivity index (χ1) is 26.8. The second-order valence-electron chi connectivity index (χ2n) is 13.8. The Labute approximate surface area is 334 Å². The zero-order chi connectivity index (χ0) is 41.6. The summed E-state index contributed by atoms with van der Waals surface area (Å²) in [5.74, 6) is 2.31. The van der Waals surface area contributed by atoms with Gasteiger partial charge < -0.3 is 72.4 Å². The Kier molecular flexibility index (Phi) is 34.7. The van der Waals surface area contributed by atoms with Gasteiger partial charge >= 0.3 is 12.2 Å². The van der Waals surface area contributed by atoms with Crippen LogP contribution in [0.5, 0.6) is 0 Å². The molecule has 0 rings (SSSR count). The molecule has 18 nitrogen and oxygen atoms in total. The van der Waals surface area contributed by atoms with Crippen molar-refractivity contribution >= 4 is 18.1 Å². The zero-order valence-corrected chi connectivity index (χ0v) is 34.8. The number of carbonyl (C=O) groups excluding carboxylic acids is 3. The average molecular weight is 810 g/mol. The second kappa shape index (κ2) is 36.5. The number of nitrogens with one attached hydrogen (secondary N) is 2. The van der Waals surface area contributed by atoms with Crippen molar-refractivity contribution < 1.29 is 71.2 Å². The summed E-state index contributed by atoms with van der Waals surface area (Å²) in [5, 5.41) is 5.25. The summed E-state index contributed by atoms with van der Waals surface area (Å²) in [4.78, 5) is 37.9. The lowest BCUT2D eigenvalue weighted by Crippen LogP contribution is -2.37. The topological polar surface area (TPSA) is 189 Å². The van der Waals surface area contributed by atoms with Gasteiger partial charge in [0.1, 0.15) is 17.8 Å². The van der Waals surface area contributed by atoms with E-state index in [1.807, 2.05) is 0 Å². The van der Waals surface area contributed by atoms with Crippen LogP contribution in [0.4, 0.5) is 9.59 Å². The SMILES string of the molecule is C#CCOCCOCCOCCOCCC(=O)N(CCOCCOCCOCCNC(=O)OC(C)(C)C)CCOCCOCCOCCNC(=O)OC(C)(C)C. The van der Waals surface area contributed by atoms with E-state index in [2.05, 4.69) is 16.6 Å². The molecule has 328 valence electrons. The zero-order valence-electron chi connectivity index (χ0n) is 34.8. The van der Waals surface area contributed by atoms with Crippen molar-refractivity contribution in [1.82, 2.24) is 15.5 Å². The molecule has 0 fully saturated rings. The number of terminal acetylenes is 1. The molecule has 56 heavy (non-hydrogen) atoms. The van der Waals surface area contributed by atoms with E-state index in [-0.39, 0.29) is 25.5 Å². The monoisotopic (exact) mass is 809 g/mol. The molecule has 18 heteroatoms. The smallest absolute Gasteiger partial charge is 0.407 e. The van der Waals surface area contributed by atoms with Gasteiger partial charge in [0.05, 0.1) is 132 Å². The molecule has 0 aromatic carbocycles. The summed E-state index contributed by atoms with van der Waals surface area (Å²) < 4.78 is 65.2. The van der Waals surface area contributed by atoms with Gasteiger partial charge in [-0.25, -0.2) is 9.59 Å². The van der Waals surface area contributed by atoms with Gasteiger partial charge in [0.2, 0.25) is 5.91 Å². The van der Waals surface area contributed by atoms with Gasteiger partial charge in [-0.05, 0) is 41.5 Å². The van der Waals surface area contributed by atoms with Crippen LogP contribution in [-0.2, 0) is 61.6 Å². The summed E-state index contributed by atoms with van der Waals surface area (Å²) >= 11 is 0. The van der Waals surface area contributed by atoms with E-state index in [9.17, 15) is 14.4 Å². The van der Waals surface area contributed by atoms with Crippen LogP contribution in [0, 0.1) is 12.3 Å². The Morgan fingerprint density at radius 2 is 0.768 bits per heavy atom. The highest BCUT2D eigenvalue weighted by atomic mass is 16.6. The number of amides is 3. The average Bonchev–Trinajstić information content (AvgIpc) is 3.11. The molecular formula is C38H71N3O15. The second-order valence-corrected chi connectivity index (χ2v) is 13.8. The first-order valence-electron chi connectivity index (χ1n) is 19.3. The maximum Gasteiger partial charge on any atom is 0.407 e. The molecule has 3 amide bonds. The van der Waals surface area contributed by atoms with Crippen LogP contribution in [0.25, 0.3) is 0 Å². The lowest BCUT2D eigenvalue weighted by atomic mass is 10.2. The van der Waals surface area contributed by atoms with Gasteiger partial charge in [-0.2, -0.15) is 0 Å². The van der Waals surface area contributed by atoms with Crippen molar-refractivity contribution in [2.75, 3.05) is 158 Å². The molecule has 0 spiro atoms. The van der Waals surface area contributed by atoms with Crippen LogP contribution >= 0.6 is 0 Å². The first kappa shape index (κ1) is 53.2. The van der Waals surface area contributed by atoms with Crippen molar-refractivity contribution in [3.63, 3.8) is 0 Å². The van der Waals surface area contributed by atoms with Crippen LogP contribution < -0.4 is 10.6 Å². The summed E-state index contributed by atoms with van der Waals surface area (Å²) in [7, 11) is 0. The molecule has 0 aromatic heterocycles. The fourth-order valence-corrected chi connectivity index (χ4v) is 3.98. The third-order valence-electron chi connectivity index (χ3n) is 6.44. The molecule has 0 unspecified atom stereocenters. The quantitative estimate of drug-likeness (QED) is 0.0685. The molecule has 0 aliphatic rings. The van der Waals surface area contributed by atoms with Gasteiger partial charge in [-0.3, -0.25) is 4.79 Å². The normalized spacial score (nSPS) is 11.6. The molecule has 0 aromatic rings. The Bertz CT molecular complexity index is 950. The highest BCUT2D eigenvalue weighted by Gasteiger charge is 2.17. The van der Waals surface area contributed by atoms with E-state index in [1.54, 1.807) is 46.4 Å². The number of ether oxygens (including phenoxy) is 12. The predicted octanol–water partition coefficient (Wildman–Crippen LogP) is 2.05. The minimum absolute atomic E-state index is 0.0808. The summed E-state index contributed by atoms with van der Waals surface area (Å²) in [6, 6.07) is 0. The molecule has 0 saturated carbocycles. The van der Waals surface area contributed by atoms with E-state index >= 15 is 0 Å². The van der Waals surface area contributed by atoms with Gasteiger partial charge in [0, 0.05) is 26.2 Å². The van der Waals surface area contributed by atoms with Crippen molar-refractivity contribution in [1.29, 1.82) is 0 Å². The van der Waals surface area contributed by atoms with Gasteiger partial charge in [0.25, 0.3) is 0 Å². The van der Waals surface area contributed by atoms with E-state index < -0.39 is 23.4 Å². The van der Waals surface area contributed by atoms with Gasteiger partial charge in [-0.15, -0.1) is 6.42 Å². The largest absolute Gasteiger partial charge is 0.444 e. The van der Waals surface area contributed by atoms with Crippen molar-refractivity contribution in [2.24, 2.45) is 0 Å². The van der Waals surface area contributed by atoms with Crippen molar-refractivity contribution in [3.05, 3.63) is 0 Å². The highest BCUT2D eigenvalue weighted by Crippen LogP contribution is 2.07. The number of nitrogens with zero attached hydrogens (tertiary/aromatic N) is 1. The van der Waals surface area contributed by atoms with Crippen LogP contribution in [0.3, 0.4) is 0 Å². The molecule has 2 N–H and O–H groups in total. The van der Waals surface area contributed by atoms with E-state index in [1.165, 1.54) is 0 Å². The number of carbonyl (C=O) groups is 3. The maximum absolute atomic E-state index is 13.0. The molecule has 0 bridgehead atoms. The van der Waals surface area contributed by atoms with Crippen LogP contribution in [0.1, 0.15) is 48.0 Å². The predicted molar refractivity (Wildman–Crippen MR) is 207 cm³/mol. The minimum atomic E-state index is -0.549. The fourth-order valence-electron chi connectivity index (χ4n) is 3.98. The lowest BCUT2D eigenvalue weighted by molar-refractivity contribution is -0.134. The number of hydrogen-bond donors (Lipinski definition) is 2. The minimum Gasteiger partial charge on any atom is -0.444 e. The Morgan fingerprint density at radius 1 is 0.464 bits per heavy atom. The Balaban J connectivity index is 4.21. The molecule has 0 saturated heterocycles. The Morgan fingerprint density at radius 3 is 1.11 bits per heavy atom. The van der Waals surface area contributed by atoms with E-state index in [4.69, 9.17) is 63.3 Å². The number of alkyl carbamates (subject to hydrolysis) is 2. The van der Waals surface area contributed by atoms with Crippen LogP contribution in [-0.4, -0.2) is 193 Å². The van der Waals surface area contributed by atoms with Crippen molar-refractivity contribution in [2.45, 2.75) is 59.2 Å². The molecule has 0 aliphatic heterocycles. The highest BCUT2D eigenvalue weighted by molar-refractivity contribution is 5.76. The standard InChI is InChI=1S/C38H71N3O15/c1-8-14-45-20-26-51-32-33-52-27-21-46-15-9-34(42)41(12-18-49-24-30-53-28-22-47-16-10-39-35(43)55-37(2,3)4)13-19-50-25-31-54-29-23-48-17-11-40-36(44)56-38(5,6)7/h1H,9-33H2,2-7H3,(H,39,43)(H,40,44). The molecule has 0 aliphatic carbocycles. The van der Waals surface area contributed by atoms with Gasteiger partial charge in [0.15, 0.2) is 0 Å². The van der Waals surface area contributed by atoms with E-state index in [0.717, 1.165) is 0 Å². The molecule has 0 atom stereocenters. The molecule has 0 heterocycles. The lowest BCUT2D eigenvalue weighted by Gasteiger charge is -2.23. The molecular weight excluding hydrogens is 738 g/mol. The first-order valence-corrected chi connectivity index (χ1v) is 19.3. The van der Waals surface area contributed by atoms with Crippen LogP contribution in [0.2, 0.25) is 0 Å². The van der Waals surface area contributed by atoms with Gasteiger partial charge in [-0.1, -0.05) is 5.92 Å². The third kappa shape index (κ3) is 40.8. The Hall–Kier alpha value is -2.83.